The lowest BCUT2D eigenvalue weighted by atomic mass is 9.93. The maximum absolute atomic E-state index is 12.5. The molecule has 0 atom stereocenters. The number of hydrogen-bond acceptors (Lipinski definition) is 3. The van der Waals surface area contributed by atoms with Gasteiger partial charge in [0.2, 0.25) is 5.91 Å². The highest BCUT2D eigenvalue weighted by molar-refractivity contribution is 5.76. The Balaban J connectivity index is 1.92. The Hall–Kier alpha value is -1.32. The number of carbonyl (C=O) groups is 1. The topological polar surface area (TPSA) is 46.3 Å². The molecule has 1 aliphatic rings. The first-order chi connectivity index (χ1) is 9.63. The normalized spacial score (nSPS) is 16.4. The minimum absolute atomic E-state index is 0.277. The smallest absolute Gasteiger partial charge is 0.223 e. The van der Waals surface area contributed by atoms with E-state index in [0.717, 1.165) is 30.0 Å². The Morgan fingerprint density at radius 2 is 2.00 bits per heavy atom. The Kier molecular flexibility index (Phi) is 5.21. The molecular formula is C16H26N2O2. The van der Waals surface area contributed by atoms with Gasteiger partial charge in [0.05, 0.1) is 5.69 Å². The van der Waals surface area contributed by atoms with Crippen molar-refractivity contribution in [3.8, 4) is 0 Å². The van der Waals surface area contributed by atoms with Gasteiger partial charge in [0.1, 0.15) is 5.76 Å². The zero-order valence-electron chi connectivity index (χ0n) is 12.9. The third-order valence-corrected chi connectivity index (χ3v) is 4.45. The van der Waals surface area contributed by atoms with Crippen molar-refractivity contribution in [3.05, 3.63) is 17.0 Å². The van der Waals surface area contributed by atoms with Crippen LogP contribution in [0, 0.1) is 13.8 Å². The van der Waals surface area contributed by atoms with Gasteiger partial charge in [0, 0.05) is 24.6 Å². The standard InChI is InChI=1S/C16H26N2O2/c1-4-18(14-8-6-5-7-9-14)16(19)11-10-15-12(2)17-20-13(15)3/h14H,4-11H2,1-3H3. The van der Waals surface area contributed by atoms with Gasteiger partial charge in [-0.25, -0.2) is 0 Å². The highest BCUT2D eigenvalue weighted by Gasteiger charge is 2.24. The summed E-state index contributed by atoms with van der Waals surface area (Å²) in [6.07, 6.45) is 7.49. The van der Waals surface area contributed by atoms with E-state index in [0.29, 0.717) is 12.5 Å². The molecule has 0 radical (unpaired) electrons. The summed E-state index contributed by atoms with van der Waals surface area (Å²) in [5.74, 6) is 1.12. The molecule has 1 saturated carbocycles. The van der Waals surface area contributed by atoms with E-state index in [2.05, 4.69) is 17.0 Å². The fraction of sp³-hybridized carbons (Fsp3) is 0.750. The quantitative estimate of drug-likeness (QED) is 0.829. The molecule has 0 saturated heterocycles. The largest absolute Gasteiger partial charge is 0.361 e. The first kappa shape index (κ1) is 15.1. The molecule has 0 bridgehead atoms. The van der Waals surface area contributed by atoms with Crippen LogP contribution in [0.25, 0.3) is 0 Å². The number of hydrogen-bond donors (Lipinski definition) is 0. The third-order valence-electron chi connectivity index (χ3n) is 4.45. The first-order valence-electron chi connectivity index (χ1n) is 7.84. The Morgan fingerprint density at radius 1 is 1.30 bits per heavy atom. The van der Waals surface area contributed by atoms with Gasteiger partial charge in [-0.1, -0.05) is 24.4 Å². The SMILES string of the molecule is CCN(C(=O)CCc1c(C)noc1C)C1CCCCC1. The molecule has 0 aliphatic heterocycles. The van der Waals surface area contributed by atoms with Gasteiger partial charge in [-0.3, -0.25) is 4.79 Å². The summed E-state index contributed by atoms with van der Waals surface area (Å²) >= 11 is 0. The van der Waals surface area contributed by atoms with Crippen LogP contribution < -0.4 is 0 Å². The molecule has 1 heterocycles. The zero-order chi connectivity index (χ0) is 14.5. The summed E-state index contributed by atoms with van der Waals surface area (Å²) in [6.45, 7) is 6.76. The van der Waals surface area contributed by atoms with Crippen LogP contribution in [0.15, 0.2) is 4.52 Å². The van der Waals surface area contributed by atoms with E-state index in [1.807, 2.05) is 13.8 Å². The predicted molar refractivity (Wildman–Crippen MR) is 78.6 cm³/mol. The van der Waals surface area contributed by atoms with Crippen molar-refractivity contribution in [2.45, 2.75) is 71.8 Å². The Labute approximate surface area is 121 Å². The van der Waals surface area contributed by atoms with Crippen LogP contribution in [0.4, 0.5) is 0 Å². The van der Waals surface area contributed by atoms with Crippen molar-refractivity contribution >= 4 is 5.91 Å². The van der Waals surface area contributed by atoms with Crippen LogP contribution >= 0.6 is 0 Å². The van der Waals surface area contributed by atoms with E-state index < -0.39 is 0 Å². The minimum Gasteiger partial charge on any atom is -0.361 e. The monoisotopic (exact) mass is 278 g/mol. The molecule has 1 fully saturated rings. The molecule has 4 nitrogen and oxygen atoms in total. The van der Waals surface area contributed by atoms with Gasteiger partial charge in [-0.2, -0.15) is 0 Å². The minimum atomic E-state index is 0.277. The molecular weight excluding hydrogens is 252 g/mol. The molecule has 112 valence electrons. The molecule has 0 spiro atoms. The number of aromatic nitrogens is 1. The number of rotatable bonds is 5. The Bertz CT molecular complexity index is 428. The molecule has 2 rings (SSSR count). The summed E-state index contributed by atoms with van der Waals surface area (Å²) in [7, 11) is 0. The van der Waals surface area contributed by atoms with Gasteiger partial charge in [0.25, 0.3) is 0 Å². The van der Waals surface area contributed by atoms with Crippen LogP contribution in [-0.2, 0) is 11.2 Å². The number of aryl methyl sites for hydroxylation is 2. The van der Waals surface area contributed by atoms with Crippen molar-refractivity contribution in [3.63, 3.8) is 0 Å². The van der Waals surface area contributed by atoms with Crippen LogP contribution in [-0.4, -0.2) is 28.6 Å². The van der Waals surface area contributed by atoms with Crippen molar-refractivity contribution in [1.82, 2.24) is 10.1 Å². The molecule has 0 N–H and O–H groups in total. The lowest BCUT2D eigenvalue weighted by Gasteiger charge is -2.33. The predicted octanol–water partition coefficient (Wildman–Crippen LogP) is 3.41. The van der Waals surface area contributed by atoms with Gasteiger partial charge >= 0.3 is 0 Å². The molecule has 1 aromatic rings. The third kappa shape index (κ3) is 3.41. The maximum atomic E-state index is 12.5. The van der Waals surface area contributed by atoms with Gasteiger partial charge in [-0.05, 0) is 40.0 Å². The average molecular weight is 278 g/mol. The summed E-state index contributed by atoms with van der Waals surface area (Å²) < 4.78 is 5.16. The highest BCUT2D eigenvalue weighted by Crippen LogP contribution is 2.23. The maximum Gasteiger partial charge on any atom is 0.223 e. The van der Waals surface area contributed by atoms with E-state index in [1.54, 1.807) is 0 Å². The van der Waals surface area contributed by atoms with Crippen molar-refractivity contribution in [2.75, 3.05) is 6.54 Å². The Morgan fingerprint density at radius 3 is 2.55 bits per heavy atom. The molecule has 1 aliphatic carbocycles. The summed E-state index contributed by atoms with van der Waals surface area (Å²) in [5.41, 5.74) is 2.01. The van der Waals surface area contributed by atoms with Crippen LogP contribution in [0.1, 0.15) is 62.5 Å². The molecule has 1 amide bonds. The second kappa shape index (κ2) is 6.91. The van der Waals surface area contributed by atoms with E-state index in [4.69, 9.17) is 4.52 Å². The lowest BCUT2D eigenvalue weighted by molar-refractivity contribution is -0.133. The van der Waals surface area contributed by atoms with Crippen molar-refractivity contribution in [1.29, 1.82) is 0 Å². The molecule has 20 heavy (non-hydrogen) atoms. The fourth-order valence-corrected chi connectivity index (χ4v) is 3.27. The van der Waals surface area contributed by atoms with E-state index >= 15 is 0 Å². The molecule has 0 unspecified atom stereocenters. The highest BCUT2D eigenvalue weighted by atomic mass is 16.5. The summed E-state index contributed by atoms with van der Waals surface area (Å²) in [6, 6.07) is 0.464. The molecule has 4 heteroatoms. The molecule has 0 aromatic carbocycles. The zero-order valence-corrected chi connectivity index (χ0v) is 12.9. The van der Waals surface area contributed by atoms with Crippen LogP contribution in [0.2, 0.25) is 0 Å². The fourth-order valence-electron chi connectivity index (χ4n) is 3.27. The number of nitrogens with zero attached hydrogens (tertiary/aromatic N) is 2. The van der Waals surface area contributed by atoms with Crippen molar-refractivity contribution in [2.24, 2.45) is 0 Å². The van der Waals surface area contributed by atoms with E-state index in [9.17, 15) is 4.79 Å². The van der Waals surface area contributed by atoms with Gasteiger partial charge in [-0.15, -0.1) is 0 Å². The van der Waals surface area contributed by atoms with Crippen molar-refractivity contribution < 1.29 is 9.32 Å². The summed E-state index contributed by atoms with van der Waals surface area (Å²) in [5, 5.41) is 3.95. The second-order valence-electron chi connectivity index (χ2n) is 5.77. The number of carbonyl (C=O) groups excluding carboxylic acids is 1. The van der Waals surface area contributed by atoms with Crippen LogP contribution in [0.5, 0.6) is 0 Å². The second-order valence-corrected chi connectivity index (χ2v) is 5.77. The average Bonchev–Trinajstić information content (AvgIpc) is 2.78. The van der Waals surface area contributed by atoms with Crippen LogP contribution in [0.3, 0.4) is 0 Å². The lowest BCUT2D eigenvalue weighted by Crippen LogP contribution is -2.41. The first-order valence-corrected chi connectivity index (χ1v) is 7.84. The van der Waals surface area contributed by atoms with Gasteiger partial charge in [0.15, 0.2) is 0 Å². The molecule has 1 aromatic heterocycles. The van der Waals surface area contributed by atoms with Gasteiger partial charge < -0.3 is 9.42 Å². The van der Waals surface area contributed by atoms with E-state index in [-0.39, 0.29) is 5.91 Å². The van der Waals surface area contributed by atoms with E-state index in [1.165, 1.54) is 32.1 Å². The summed E-state index contributed by atoms with van der Waals surface area (Å²) in [4.78, 5) is 14.5. The number of amides is 1.